The minimum Gasteiger partial charge on any atom is -0.507 e. The predicted octanol–water partition coefficient (Wildman–Crippen LogP) is 1.17. The van der Waals surface area contributed by atoms with Gasteiger partial charge in [0.15, 0.2) is 11.6 Å². The molecule has 0 fully saturated rings. The molecule has 0 unspecified atom stereocenters. The molecule has 0 bridgehead atoms. The van der Waals surface area contributed by atoms with Crippen LogP contribution in [-0.2, 0) is 14.3 Å². The normalized spacial score (nSPS) is 11.1. The number of rotatable bonds is 3. The van der Waals surface area contributed by atoms with E-state index in [9.17, 15) is 19.1 Å². The Labute approximate surface area is 95.8 Å². The monoisotopic (exact) mass is 240 g/mol. The summed E-state index contributed by atoms with van der Waals surface area (Å²) in [6.07, 6.45) is 0.624. The van der Waals surface area contributed by atoms with Crippen molar-refractivity contribution in [2.45, 2.75) is 0 Å². The fourth-order valence-corrected chi connectivity index (χ4v) is 1.04. The number of hydrogen-bond acceptors (Lipinski definition) is 5. The summed E-state index contributed by atoms with van der Waals surface area (Å²) in [5.41, 5.74) is 0.00107. The summed E-state index contributed by atoms with van der Waals surface area (Å²) in [5, 5.41) is 18.5. The molecule has 1 aromatic rings. The average Bonchev–Trinajstić information content (AvgIpc) is 2.31. The summed E-state index contributed by atoms with van der Waals surface area (Å²) in [5.74, 6) is -4.30. The summed E-state index contributed by atoms with van der Waals surface area (Å²) in [4.78, 5) is 21.8. The van der Waals surface area contributed by atoms with Gasteiger partial charge in [0.25, 0.3) is 5.78 Å². The Kier molecular flexibility index (Phi) is 3.82. The van der Waals surface area contributed by atoms with E-state index >= 15 is 0 Å². The first-order valence-electron chi connectivity index (χ1n) is 4.47. The van der Waals surface area contributed by atoms with Crippen LogP contribution in [0.3, 0.4) is 0 Å². The molecule has 0 aliphatic carbocycles. The van der Waals surface area contributed by atoms with Crippen LogP contribution >= 0.6 is 0 Å². The van der Waals surface area contributed by atoms with Crippen molar-refractivity contribution in [3.05, 3.63) is 35.7 Å². The van der Waals surface area contributed by atoms with Crippen LogP contribution in [0.1, 0.15) is 5.56 Å². The molecule has 17 heavy (non-hydrogen) atoms. The van der Waals surface area contributed by atoms with Crippen molar-refractivity contribution in [1.82, 2.24) is 0 Å². The van der Waals surface area contributed by atoms with Gasteiger partial charge in [-0.05, 0) is 18.2 Å². The van der Waals surface area contributed by atoms with Crippen LogP contribution in [0.25, 0.3) is 5.76 Å². The Morgan fingerprint density at radius 1 is 1.41 bits per heavy atom. The minimum absolute atomic E-state index is 0.00107. The van der Waals surface area contributed by atoms with E-state index < -0.39 is 29.1 Å². The van der Waals surface area contributed by atoms with E-state index in [4.69, 9.17) is 5.11 Å². The van der Waals surface area contributed by atoms with Crippen LogP contribution < -0.4 is 0 Å². The molecule has 0 aromatic heterocycles. The lowest BCUT2D eigenvalue weighted by molar-refractivity contribution is -0.149. The van der Waals surface area contributed by atoms with Crippen molar-refractivity contribution < 1.29 is 28.9 Å². The molecular weight excluding hydrogens is 231 g/mol. The maximum Gasteiger partial charge on any atom is 0.378 e. The van der Waals surface area contributed by atoms with Crippen LogP contribution in [0, 0.1) is 5.82 Å². The minimum atomic E-state index is -1.14. The maximum absolute atomic E-state index is 12.7. The number of ether oxygens (including phenoxy) is 1. The fraction of sp³-hybridized carbons (Fsp3) is 0.0909. The molecule has 0 atom stereocenters. The van der Waals surface area contributed by atoms with E-state index in [2.05, 4.69) is 4.74 Å². The number of ketones is 1. The van der Waals surface area contributed by atoms with E-state index in [0.29, 0.717) is 6.08 Å². The summed E-state index contributed by atoms with van der Waals surface area (Å²) >= 11 is 0. The average molecular weight is 240 g/mol. The smallest absolute Gasteiger partial charge is 0.378 e. The highest BCUT2D eigenvalue weighted by molar-refractivity contribution is 6.39. The van der Waals surface area contributed by atoms with Crippen molar-refractivity contribution in [1.29, 1.82) is 0 Å². The standard InChI is InChI=1S/C11H9FO5/c1-17-11(16)10(15)5-8(13)6-2-3-7(12)9(14)4-6/h2-5,13-14H,1H3/b8-5-. The lowest BCUT2D eigenvalue weighted by Crippen LogP contribution is -2.13. The van der Waals surface area contributed by atoms with E-state index in [1.54, 1.807) is 0 Å². The largest absolute Gasteiger partial charge is 0.507 e. The number of phenols is 1. The van der Waals surface area contributed by atoms with Gasteiger partial charge in [-0.15, -0.1) is 0 Å². The molecule has 6 heteroatoms. The number of hydrogen-bond donors (Lipinski definition) is 2. The Morgan fingerprint density at radius 3 is 2.59 bits per heavy atom. The molecule has 90 valence electrons. The van der Waals surface area contributed by atoms with Crippen molar-refractivity contribution in [3.63, 3.8) is 0 Å². The molecule has 5 nitrogen and oxygen atoms in total. The van der Waals surface area contributed by atoms with Gasteiger partial charge in [-0.1, -0.05) is 0 Å². The number of methoxy groups -OCH3 is 1. The summed E-state index contributed by atoms with van der Waals surface area (Å²) in [6, 6.07) is 2.98. The molecule has 0 aliphatic heterocycles. The summed E-state index contributed by atoms with van der Waals surface area (Å²) < 4.78 is 16.9. The number of aliphatic hydroxyl groups excluding tert-OH is 1. The first-order chi connectivity index (χ1) is 7.95. The summed E-state index contributed by atoms with van der Waals surface area (Å²) in [6.45, 7) is 0. The molecule has 0 spiro atoms. The van der Waals surface area contributed by atoms with E-state index in [0.717, 1.165) is 25.3 Å². The fourth-order valence-electron chi connectivity index (χ4n) is 1.04. The third kappa shape index (κ3) is 3.04. The highest BCUT2D eigenvalue weighted by Gasteiger charge is 2.13. The number of aliphatic hydroxyl groups is 1. The molecule has 2 N–H and O–H groups in total. The van der Waals surface area contributed by atoms with E-state index in [-0.39, 0.29) is 5.56 Å². The van der Waals surface area contributed by atoms with Crippen LogP contribution in [0.2, 0.25) is 0 Å². The third-order valence-corrected chi connectivity index (χ3v) is 1.90. The predicted molar refractivity (Wildman–Crippen MR) is 55.7 cm³/mol. The quantitative estimate of drug-likeness (QED) is 0.358. The number of aromatic hydroxyl groups is 1. The van der Waals surface area contributed by atoms with E-state index in [1.165, 1.54) is 0 Å². The number of halogens is 1. The van der Waals surface area contributed by atoms with Crippen LogP contribution in [0.4, 0.5) is 4.39 Å². The zero-order chi connectivity index (χ0) is 13.0. The van der Waals surface area contributed by atoms with Gasteiger partial charge in [0.1, 0.15) is 5.76 Å². The number of phenolic OH excluding ortho intramolecular Hbond substituents is 1. The Bertz CT molecular complexity index is 493. The van der Waals surface area contributed by atoms with Crippen LogP contribution in [-0.4, -0.2) is 29.1 Å². The van der Waals surface area contributed by atoms with Gasteiger partial charge in [0, 0.05) is 11.6 Å². The molecule has 0 amide bonds. The highest BCUT2D eigenvalue weighted by Crippen LogP contribution is 2.20. The zero-order valence-corrected chi connectivity index (χ0v) is 8.81. The lowest BCUT2D eigenvalue weighted by atomic mass is 10.1. The Balaban J connectivity index is 3.00. The number of carbonyl (C=O) groups is 2. The van der Waals surface area contributed by atoms with Crippen molar-refractivity contribution >= 4 is 17.5 Å². The topological polar surface area (TPSA) is 83.8 Å². The first kappa shape index (κ1) is 12.7. The number of carbonyl (C=O) groups excluding carboxylic acids is 2. The van der Waals surface area contributed by atoms with Gasteiger partial charge < -0.3 is 14.9 Å². The second-order valence-corrected chi connectivity index (χ2v) is 3.05. The molecule has 1 rings (SSSR count). The van der Waals surface area contributed by atoms with Gasteiger partial charge >= 0.3 is 5.97 Å². The van der Waals surface area contributed by atoms with Gasteiger partial charge in [-0.2, -0.15) is 0 Å². The van der Waals surface area contributed by atoms with E-state index in [1.807, 2.05) is 0 Å². The molecule has 0 radical (unpaired) electrons. The van der Waals surface area contributed by atoms with Crippen LogP contribution in [0.15, 0.2) is 24.3 Å². The Morgan fingerprint density at radius 2 is 2.06 bits per heavy atom. The van der Waals surface area contributed by atoms with Crippen molar-refractivity contribution in [2.75, 3.05) is 7.11 Å². The molecule has 1 aromatic carbocycles. The molecule has 0 heterocycles. The highest BCUT2D eigenvalue weighted by atomic mass is 19.1. The number of esters is 1. The Hall–Kier alpha value is -2.37. The number of benzene rings is 1. The van der Waals surface area contributed by atoms with Crippen molar-refractivity contribution in [2.24, 2.45) is 0 Å². The SMILES string of the molecule is COC(=O)C(=O)/C=C(\O)c1ccc(F)c(O)c1. The first-order valence-corrected chi connectivity index (χ1v) is 4.47. The van der Waals surface area contributed by atoms with Gasteiger partial charge in [-0.25, -0.2) is 9.18 Å². The molecule has 0 saturated carbocycles. The van der Waals surface area contributed by atoms with Crippen LogP contribution in [0.5, 0.6) is 5.75 Å². The maximum atomic E-state index is 12.7. The van der Waals surface area contributed by atoms with Gasteiger partial charge in [0.2, 0.25) is 0 Å². The molecule has 0 saturated heterocycles. The van der Waals surface area contributed by atoms with Gasteiger partial charge in [-0.3, -0.25) is 4.79 Å². The zero-order valence-electron chi connectivity index (χ0n) is 8.81. The second-order valence-electron chi connectivity index (χ2n) is 3.05. The summed E-state index contributed by atoms with van der Waals surface area (Å²) in [7, 11) is 1.02. The molecule has 0 aliphatic rings. The second kappa shape index (κ2) is 5.11. The van der Waals surface area contributed by atoms with Gasteiger partial charge in [0.05, 0.1) is 7.11 Å². The van der Waals surface area contributed by atoms with Crippen molar-refractivity contribution in [3.8, 4) is 5.75 Å². The third-order valence-electron chi connectivity index (χ3n) is 1.90. The molecular formula is C11H9FO5. The lowest BCUT2D eigenvalue weighted by Gasteiger charge is -2.01.